The van der Waals surface area contributed by atoms with Crippen molar-refractivity contribution in [3.63, 3.8) is 0 Å². The number of ether oxygens (including phenoxy) is 1. The lowest BCUT2D eigenvalue weighted by molar-refractivity contribution is -0.384. The number of nitrogens with one attached hydrogen (secondary N) is 1. The lowest BCUT2D eigenvalue weighted by atomic mass is 10.1. The SMILES string of the molecule is CNc1c(C(=O)OC(C)(C)C)cccc1[N+](=O)[O-]. The van der Waals surface area contributed by atoms with Gasteiger partial charge in [0.15, 0.2) is 0 Å². The Morgan fingerprint density at radius 1 is 1.39 bits per heavy atom. The normalized spacial score (nSPS) is 10.9. The number of hydrogen-bond acceptors (Lipinski definition) is 5. The van der Waals surface area contributed by atoms with Gasteiger partial charge in [0.25, 0.3) is 5.69 Å². The van der Waals surface area contributed by atoms with Crippen LogP contribution >= 0.6 is 0 Å². The molecule has 18 heavy (non-hydrogen) atoms. The Bertz CT molecular complexity index is 477. The van der Waals surface area contributed by atoms with E-state index in [2.05, 4.69) is 5.32 Å². The van der Waals surface area contributed by atoms with Gasteiger partial charge in [0, 0.05) is 13.1 Å². The summed E-state index contributed by atoms with van der Waals surface area (Å²) in [6.07, 6.45) is 0. The van der Waals surface area contributed by atoms with Crippen molar-refractivity contribution in [3.05, 3.63) is 33.9 Å². The molecule has 0 aliphatic carbocycles. The van der Waals surface area contributed by atoms with Crippen molar-refractivity contribution in [2.75, 3.05) is 12.4 Å². The van der Waals surface area contributed by atoms with Crippen LogP contribution in [-0.4, -0.2) is 23.5 Å². The Kier molecular flexibility index (Phi) is 3.90. The van der Waals surface area contributed by atoms with Gasteiger partial charge < -0.3 is 10.1 Å². The monoisotopic (exact) mass is 252 g/mol. The Morgan fingerprint density at radius 2 is 2.00 bits per heavy atom. The molecule has 0 atom stereocenters. The summed E-state index contributed by atoms with van der Waals surface area (Å²) < 4.78 is 5.20. The van der Waals surface area contributed by atoms with Crippen LogP contribution in [0.2, 0.25) is 0 Å². The first-order valence-corrected chi connectivity index (χ1v) is 5.45. The van der Waals surface area contributed by atoms with Crippen molar-refractivity contribution in [2.45, 2.75) is 26.4 Å². The van der Waals surface area contributed by atoms with E-state index in [1.165, 1.54) is 25.2 Å². The minimum absolute atomic E-state index is 0.152. The molecule has 0 bridgehead atoms. The zero-order valence-electron chi connectivity index (χ0n) is 10.8. The maximum Gasteiger partial charge on any atom is 0.341 e. The molecule has 1 aromatic rings. The van der Waals surface area contributed by atoms with Gasteiger partial charge in [0.1, 0.15) is 11.3 Å². The molecule has 0 aromatic heterocycles. The van der Waals surface area contributed by atoms with Gasteiger partial charge in [-0.25, -0.2) is 4.79 Å². The van der Waals surface area contributed by atoms with Crippen molar-refractivity contribution in [1.82, 2.24) is 0 Å². The van der Waals surface area contributed by atoms with E-state index in [0.717, 1.165) is 0 Å². The number of nitro benzene ring substituents is 1. The van der Waals surface area contributed by atoms with Crippen LogP contribution in [0.25, 0.3) is 0 Å². The standard InChI is InChI=1S/C12H16N2O4/c1-12(2,3)18-11(15)8-6-5-7-9(14(16)17)10(8)13-4/h5-7,13H,1-4H3. The van der Waals surface area contributed by atoms with E-state index in [1.54, 1.807) is 20.8 Å². The van der Waals surface area contributed by atoms with Crippen LogP contribution in [0.15, 0.2) is 18.2 Å². The molecule has 0 radical (unpaired) electrons. The van der Waals surface area contributed by atoms with Gasteiger partial charge in [-0.3, -0.25) is 10.1 Å². The number of hydrogen-bond donors (Lipinski definition) is 1. The molecule has 0 spiro atoms. The van der Waals surface area contributed by atoms with Gasteiger partial charge in [0.05, 0.1) is 10.5 Å². The second-order valence-corrected chi connectivity index (χ2v) is 4.71. The van der Waals surface area contributed by atoms with Crippen molar-refractivity contribution in [1.29, 1.82) is 0 Å². The Labute approximate surface area is 105 Å². The third kappa shape index (κ3) is 3.19. The summed E-state index contributed by atoms with van der Waals surface area (Å²) in [6, 6.07) is 4.28. The topological polar surface area (TPSA) is 81.5 Å². The first kappa shape index (κ1) is 14.0. The number of anilines is 1. The maximum atomic E-state index is 11.9. The van der Waals surface area contributed by atoms with Crippen LogP contribution in [0.4, 0.5) is 11.4 Å². The zero-order valence-corrected chi connectivity index (χ0v) is 10.8. The first-order chi connectivity index (χ1) is 8.26. The lowest BCUT2D eigenvalue weighted by Gasteiger charge is -2.20. The van der Waals surface area contributed by atoms with E-state index < -0.39 is 16.5 Å². The highest BCUT2D eigenvalue weighted by Crippen LogP contribution is 2.29. The molecule has 0 unspecified atom stereocenters. The summed E-state index contributed by atoms with van der Waals surface area (Å²) in [5.74, 6) is -0.587. The third-order valence-electron chi connectivity index (χ3n) is 2.11. The Morgan fingerprint density at radius 3 is 2.44 bits per heavy atom. The lowest BCUT2D eigenvalue weighted by Crippen LogP contribution is -2.24. The first-order valence-electron chi connectivity index (χ1n) is 5.45. The molecule has 0 aliphatic rings. The second kappa shape index (κ2) is 5.03. The van der Waals surface area contributed by atoms with Crippen molar-refractivity contribution in [2.24, 2.45) is 0 Å². The van der Waals surface area contributed by atoms with E-state index in [9.17, 15) is 14.9 Å². The average molecular weight is 252 g/mol. The molecule has 1 aromatic carbocycles. The molecule has 0 aliphatic heterocycles. The predicted octanol–water partition coefficient (Wildman–Crippen LogP) is 2.59. The molecule has 1 N–H and O–H groups in total. The molecule has 0 saturated carbocycles. The van der Waals surface area contributed by atoms with E-state index >= 15 is 0 Å². The second-order valence-electron chi connectivity index (χ2n) is 4.71. The minimum atomic E-state index is -0.646. The highest BCUT2D eigenvalue weighted by Gasteiger charge is 2.24. The summed E-state index contributed by atoms with van der Waals surface area (Å²) in [4.78, 5) is 22.2. The Hall–Kier alpha value is -2.11. The summed E-state index contributed by atoms with van der Waals surface area (Å²) >= 11 is 0. The molecule has 0 amide bonds. The van der Waals surface area contributed by atoms with Gasteiger partial charge >= 0.3 is 5.97 Å². The van der Waals surface area contributed by atoms with Crippen molar-refractivity contribution < 1.29 is 14.5 Å². The number of benzene rings is 1. The molecular formula is C12H16N2O4. The van der Waals surface area contributed by atoms with Gasteiger partial charge in [-0.2, -0.15) is 0 Å². The average Bonchev–Trinajstić information content (AvgIpc) is 2.25. The maximum absolute atomic E-state index is 11.9. The minimum Gasteiger partial charge on any atom is -0.456 e. The largest absolute Gasteiger partial charge is 0.456 e. The molecule has 0 saturated heterocycles. The summed E-state index contributed by atoms with van der Waals surface area (Å²) in [5.41, 5.74) is -0.480. The van der Waals surface area contributed by atoms with Crippen LogP contribution < -0.4 is 5.32 Å². The highest BCUT2D eigenvalue weighted by atomic mass is 16.6. The van der Waals surface area contributed by atoms with Gasteiger partial charge in [-0.15, -0.1) is 0 Å². The summed E-state index contributed by atoms with van der Waals surface area (Å²) in [7, 11) is 1.52. The van der Waals surface area contributed by atoms with Crippen LogP contribution in [0.5, 0.6) is 0 Å². The number of esters is 1. The number of carbonyl (C=O) groups excluding carboxylic acids is 1. The smallest absolute Gasteiger partial charge is 0.341 e. The number of nitrogens with zero attached hydrogens (tertiary/aromatic N) is 1. The van der Waals surface area contributed by atoms with E-state index in [4.69, 9.17) is 4.74 Å². The fraction of sp³-hybridized carbons (Fsp3) is 0.417. The molecule has 6 heteroatoms. The van der Waals surface area contributed by atoms with Crippen LogP contribution in [-0.2, 0) is 4.74 Å². The summed E-state index contributed by atoms with van der Waals surface area (Å²) in [5, 5.41) is 13.5. The molecular weight excluding hydrogens is 236 g/mol. The van der Waals surface area contributed by atoms with E-state index in [0.29, 0.717) is 0 Å². The molecule has 98 valence electrons. The molecule has 0 fully saturated rings. The van der Waals surface area contributed by atoms with E-state index in [-0.39, 0.29) is 16.9 Å². The van der Waals surface area contributed by atoms with Crippen molar-refractivity contribution in [3.8, 4) is 0 Å². The third-order valence-corrected chi connectivity index (χ3v) is 2.11. The number of para-hydroxylation sites is 1. The van der Waals surface area contributed by atoms with Crippen LogP contribution in [0, 0.1) is 10.1 Å². The fourth-order valence-corrected chi connectivity index (χ4v) is 1.46. The quantitative estimate of drug-likeness (QED) is 0.508. The summed E-state index contributed by atoms with van der Waals surface area (Å²) in [6.45, 7) is 5.21. The van der Waals surface area contributed by atoms with Crippen LogP contribution in [0.1, 0.15) is 31.1 Å². The number of rotatable bonds is 3. The van der Waals surface area contributed by atoms with Gasteiger partial charge in [-0.1, -0.05) is 6.07 Å². The number of carbonyl (C=O) groups is 1. The van der Waals surface area contributed by atoms with Crippen LogP contribution in [0.3, 0.4) is 0 Å². The van der Waals surface area contributed by atoms with Gasteiger partial charge in [-0.05, 0) is 26.8 Å². The fourth-order valence-electron chi connectivity index (χ4n) is 1.46. The predicted molar refractivity (Wildman–Crippen MR) is 67.8 cm³/mol. The molecule has 0 heterocycles. The highest BCUT2D eigenvalue weighted by molar-refractivity contribution is 5.98. The number of nitro groups is 1. The Balaban J connectivity index is 3.21. The molecule has 1 rings (SSSR count). The van der Waals surface area contributed by atoms with Gasteiger partial charge in [0.2, 0.25) is 0 Å². The zero-order chi connectivity index (χ0) is 13.9. The van der Waals surface area contributed by atoms with Crippen molar-refractivity contribution >= 4 is 17.3 Å². The van der Waals surface area contributed by atoms with E-state index in [1.807, 2.05) is 0 Å². The molecule has 6 nitrogen and oxygen atoms in total.